The topological polar surface area (TPSA) is 98.7 Å². The fourth-order valence-corrected chi connectivity index (χ4v) is 4.12. The normalized spacial score (nSPS) is 25.6. The molecule has 1 fully saturated rings. The number of benzene rings is 2. The second kappa shape index (κ2) is 8.05. The maximum Gasteiger partial charge on any atom is 0.327 e. The van der Waals surface area contributed by atoms with E-state index in [0.717, 1.165) is 10.8 Å². The predicted octanol–water partition coefficient (Wildman–Crippen LogP) is 1.54. The highest BCUT2D eigenvalue weighted by Crippen LogP contribution is 2.22. The van der Waals surface area contributed by atoms with Gasteiger partial charge in [0.1, 0.15) is 12.1 Å². The summed E-state index contributed by atoms with van der Waals surface area (Å²) in [5.41, 5.74) is 0.494. The zero-order valence-electron chi connectivity index (χ0n) is 15.9. The van der Waals surface area contributed by atoms with Crippen molar-refractivity contribution in [2.45, 2.75) is 31.0 Å². The van der Waals surface area contributed by atoms with Gasteiger partial charge >= 0.3 is 5.97 Å². The van der Waals surface area contributed by atoms with Crippen LogP contribution in [0.3, 0.4) is 0 Å². The van der Waals surface area contributed by atoms with Crippen molar-refractivity contribution in [3.63, 3.8) is 0 Å². The summed E-state index contributed by atoms with van der Waals surface area (Å²) in [5.74, 6) is -1.73. The number of nitrogens with zero attached hydrogens (tertiary/aromatic N) is 1. The lowest BCUT2D eigenvalue weighted by molar-refractivity contribution is -0.155. The third-order valence-corrected chi connectivity index (χ3v) is 5.57. The molecule has 2 aliphatic rings. The fraction of sp³-hybridized carbons (Fsp3) is 0.318. The Hall–Kier alpha value is -3.19. The molecule has 1 saturated heterocycles. The Kier molecular flexibility index (Phi) is 5.31. The number of carboxylic acid groups (broad SMARTS) is 1. The maximum atomic E-state index is 13.3. The zero-order valence-corrected chi connectivity index (χ0v) is 15.9. The van der Waals surface area contributed by atoms with Crippen LogP contribution in [0.25, 0.3) is 10.8 Å². The summed E-state index contributed by atoms with van der Waals surface area (Å²) in [6.45, 7) is 0.731. The number of hydrogen-bond acceptors (Lipinski definition) is 4. The maximum absolute atomic E-state index is 13.3. The van der Waals surface area contributed by atoms with E-state index in [1.165, 1.54) is 4.90 Å². The van der Waals surface area contributed by atoms with Crippen LogP contribution in [0, 0.1) is 0 Å². The number of amides is 2. The lowest BCUT2D eigenvalue weighted by atomic mass is 9.98. The molecular formula is C22H23N3O4. The number of carbonyl (C=O) groups excluding carboxylic acids is 2. The molecule has 150 valence electrons. The highest BCUT2D eigenvalue weighted by atomic mass is 16.4. The van der Waals surface area contributed by atoms with Crippen LogP contribution in [0.2, 0.25) is 0 Å². The molecule has 7 heteroatoms. The number of carboxylic acids is 1. The number of rotatable bonds is 3. The predicted molar refractivity (Wildman–Crippen MR) is 109 cm³/mol. The second-order valence-electron chi connectivity index (χ2n) is 7.41. The number of carbonyl (C=O) groups is 3. The quantitative estimate of drug-likeness (QED) is 0.687. The van der Waals surface area contributed by atoms with Gasteiger partial charge in [-0.05, 0) is 29.7 Å². The van der Waals surface area contributed by atoms with Gasteiger partial charge in [-0.3, -0.25) is 9.59 Å². The summed E-state index contributed by atoms with van der Waals surface area (Å²) >= 11 is 0. The Morgan fingerprint density at radius 2 is 1.79 bits per heavy atom. The first kappa shape index (κ1) is 19.1. The van der Waals surface area contributed by atoms with Gasteiger partial charge in [-0.25, -0.2) is 4.79 Å². The van der Waals surface area contributed by atoms with E-state index >= 15 is 0 Å². The molecule has 0 aliphatic carbocycles. The van der Waals surface area contributed by atoms with Gasteiger partial charge in [0.25, 0.3) is 5.91 Å². The van der Waals surface area contributed by atoms with Gasteiger partial charge in [-0.1, -0.05) is 48.6 Å². The number of piperazine rings is 1. The van der Waals surface area contributed by atoms with Gasteiger partial charge in [0.05, 0.1) is 0 Å². The molecule has 0 unspecified atom stereocenters. The van der Waals surface area contributed by atoms with E-state index < -0.39 is 18.1 Å². The van der Waals surface area contributed by atoms with Gasteiger partial charge in [-0.15, -0.1) is 0 Å². The summed E-state index contributed by atoms with van der Waals surface area (Å²) in [5, 5.41) is 17.3. The monoisotopic (exact) mass is 393 g/mol. The van der Waals surface area contributed by atoms with Crippen molar-refractivity contribution < 1.29 is 19.5 Å². The molecule has 2 amide bonds. The van der Waals surface area contributed by atoms with E-state index in [4.69, 9.17) is 0 Å². The minimum atomic E-state index is -1.04. The van der Waals surface area contributed by atoms with E-state index in [9.17, 15) is 19.5 Å². The van der Waals surface area contributed by atoms with Gasteiger partial charge in [0.2, 0.25) is 5.91 Å². The number of aliphatic carboxylic acids is 1. The summed E-state index contributed by atoms with van der Waals surface area (Å²) in [6.07, 6.45) is 4.76. The van der Waals surface area contributed by atoms with E-state index in [1.807, 2.05) is 48.6 Å². The Bertz CT molecular complexity index is 982. The van der Waals surface area contributed by atoms with E-state index in [0.29, 0.717) is 24.9 Å². The third-order valence-electron chi connectivity index (χ3n) is 5.57. The summed E-state index contributed by atoms with van der Waals surface area (Å²) in [7, 11) is 0. The average Bonchev–Trinajstić information content (AvgIpc) is 2.73. The van der Waals surface area contributed by atoms with Crippen LogP contribution in [-0.2, 0) is 9.59 Å². The molecule has 0 spiro atoms. The smallest absolute Gasteiger partial charge is 0.327 e. The first-order valence-corrected chi connectivity index (χ1v) is 9.75. The molecule has 0 aromatic heterocycles. The standard InChI is InChI=1S/C22H23N3O4/c26-20(17-10-5-7-14-6-1-3-9-16(14)17)24-18-11-4-2-8-15-12-23-13-19(22(28)29)25(15)21(18)27/h1-7,9-10,15,18-19,23H,8,11-13H2,(H,24,26)(H,28,29)/b4-2-/t15-,18-,19-/m0/s1. The van der Waals surface area contributed by atoms with Gasteiger partial charge < -0.3 is 20.6 Å². The molecule has 4 rings (SSSR count). The second-order valence-corrected chi connectivity index (χ2v) is 7.41. The average molecular weight is 393 g/mol. The van der Waals surface area contributed by atoms with Crippen molar-refractivity contribution in [3.05, 3.63) is 60.2 Å². The first-order chi connectivity index (χ1) is 14.1. The summed E-state index contributed by atoms with van der Waals surface area (Å²) in [6, 6.07) is 11.1. The fourth-order valence-electron chi connectivity index (χ4n) is 4.12. The Balaban J connectivity index is 1.62. The number of nitrogens with one attached hydrogen (secondary N) is 2. The van der Waals surface area contributed by atoms with Crippen LogP contribution in [0.4, 0.5) is 0 Å². The zero-order chi connectivity index (χ0) is 20.4. The molecule has 2 aromatic carbocycles. The van der Waals surface area contributed by atoms with Crippen LogP contribution < -0.4 is 10.6 Å². The van der Waals surface area contributed by atoms with Gasteiger partial charge in [0.15, 0.2) is 0 Å². The highest BCUT2D eigenvalue weighted by Gasteiger charge is 2.41. The minimum Gasteiger partial charge on any atom is -0.480 e. The highest BCUT2D eigenvalue weighted by molar-refractivity contribution is 6.08. The van der Waals surface area contributed by atoms with Crippen LogP contribution in [0.15, 0.2) is 54.6 Å². The number of fused-ring (bicyclic) bond motifs is 2. The molecule has 7 nitrogen and oxygen atoms in total. The third kappa shape index (κ3) is 3.73. The molecule has 0 saturated carbocycles. The van der Waals surface area contributed by atoms with Crippen molar-refractivity contribution in [2.75, 3.05) is 13.1 Å². The molecule has 2 aliphatic heterocycles. The minimum absolute atomic E-state index is 0.200. The lowest BCUT2D eigenvalue weighted by Gasteiger charge is -2.42. The molecule has 2 heterocycles. The Morgan fingerprint density at radius 1 is 1.03 bits per heavy atom. The van der Waals surface area contributed by atoms with Crippen LogP contribution in [0.1, 0.15) is 23.2 Å². The molecule has 3 atom stereocenters. The lowest BCUT2D eigenvalue weighted by Crippen LogP contribution is -2.65. The van der Waals surface area contributed by atoms with Crippen molar-refractivity contribution in [3.8, 4) is 0 Å². The largest absolute Gasteiger partial charge is 0.480 e. The van der Waals surface area contributed by atoms with Crippen LogP contribution >= 0.6 is 0 Å². The molecular weight excluding hydrogens is 370 g/mol. The molecule has 29 heavy (non-hydrogen) atoms. The SMILES string of the molecule is O=C(N[C@H]1C/C=C\C[C@H]2CNC[C@@H](C(=O)O)N2C1=O)c1cccc2ccccc12. The Labute approximate surface area is 168 Å². The van der Waals surface area contributed by atoms with Gasteiger partial charge in [-0.2, -0.15) is 0 Å². The van der Waals surface area contributed by atoms with E-state index in [-0.39, 0.29) is 24.4 Å². The molecule has 2 aromatic rings. The van der Waals surface area contributed by atoms with E-state index in [2.05, 4.69) is 10.6 Å². The molecule has 3 N–H and O–H groups in total. The van der Waals surface area contributed by atoms with Crippen LogP contribution in [-0.4, -0.2) is 59.0 Å². The van der Waals surface area contributed by atoms with E-state index in [1.54, 1.807) is 6.07 Å². The van der Waals surface area contributed by atoms with Crippen molar-refractivity contribution in [1.29, 1.82) is 0 Å². The van der Waals surface area contributed by atoms with Crippen LogP contribution in [0.5, 0.6) is 0 Å². The molecule has 0 radical (unpaired) electrons. The van der Waals surface area contributed by atoms with Crippen molar-refractivity contribution >= 4 is 28.6 Å². The van der Waals surface area contributed by atoms with Gasteiger partial charge in [0, 0.05) is 24.7 Å². The van der Waals surface area contributed by atoms with Crippen molar-refractivity contribution in [1.82, 2.24) is 15.5 Å². The summed E-state index contributed by atoms with van der Waals surface area (Å²) in [4.78, 5) is 39.4. The summed E-state index contributed by atoms with van der Waals surface area (Å²) < 4.78 is 0. The van der Waals surface area contributed by atoms with Crippen molar-refractivity contribution in [2.24, 2.45) is 0 Å². The first-order valence-electron chi connectivity index (χ1n) is 9.75. The molecule has 0 bridgehead atoms. The Morgan fingerprint density at radius 3 is 2.62 bits per heavy atom. The number of hydrogen-bond donors (Lipinski definition) is 3.